The molecule has 0 atom stereocenters. The molecule has 2 N–H and O–H groups in total. The molecule has 3 aromatic rings. The number of anilines is 1. The van der Waals surface area contributed by atoms with Gasteiger partial charge in [-0.25, -0.2) is 0 Å². The van der Waals surface area contributed by atoms with Crippen molar-refractivity contribution in [2.24, 2.45) is 0 Å². The topological polar surface area (TPSA) is 104 Å². The van der Waals surface area contributed by atoms with E-state index in [4.69, 9.17) is 14.2 Å². The van der Waals surface area contributed by atoms with Crippen molar-refractivity contribution in [1.82, 2.24) is 15.1 Å². The fourth-order valence-electron chi connectivity index (χ4n) is 3.01. The summed E-state index contributed by atoms with van der Waals surface area (Å²) in [7, 11) is 4.41. The summed E-state index contributed by atoms with van der Waals surface area (Å²) in [6.07, 6.45) is 3.58. The SMILES string of the molecule is COc1cc(C(=O)NCC(=O)Nc2cccc(Cn3cccn3)c2)cc(OC)c1OC. The number of hydrogen-bond acceptors (Lipinski definition) is 6. The highest BCUT2D eigenvalue weighted by Gasteiger charge is 2.17. The zero-order chi connectivity index (χ0) is 22.2. The maximum absolute atomic E-state index is 12.5. The van der Waals surface area contributed by atoms with E-state index in [-0.39, 0.29) is 18.0 Å². The number of nitrogens with zero attached hydrogens (tertiary/aromatic N) is 2. The Morgan fingerprint density at radius 2 is 1.74 bits per heavy atom. The van der Waals surface area contributed by atoms with Crippen LogP contribution in [0.15, 0.2) is 54.9 Å². The summed E-state index contributed by atoms with van der Waals surface area (Å²) in [4.78, 5) is 24.8. The number of rotatable bonds is 9. The van der Waals surface area contributed by atoms with E-state index >= 15 is 0 Å². The Morgan fingerprint density at radius 1 is 1.00 bits per heavy atom. The molecule has 0 radical (unpaired) electrons. The van der Waals surface area contributed by atoms with Crippen LogP contribution in [0.5, 0.6) is 17.2 Å². The lowest BCUT2D eigenvalue weighted by molar-refractivity contribution is -0.115. The van der Waals surface area contributed by atoms with Crippen LogP contribution < -0.4 is 24.8 Å². The van der Waals surface area contributed by atoms with Gasteiger partial charge in [0.1, 0.15) is 0 Å². The zero-order valence-corrected chi connectivity index (χ0v) is 17.5. The molecule has 2 aromatic carbocycles. The second kappa shape index (κ2) is 10.1. The molecule has 0 unspecified atom stereocenters. The van der Waals surface area contributed by atoms with Crippen LogP contribution in [-0.2, 0) is 11.3 Å². The summed E-state index contributed by atoms with van der Waals surface area (Å²) in [6.45, 7) is 0.396. The van der Waals surface area contributed by atoms with Crippen LogP contribution >= 0.6 is 0 Å². The van der Waals surface area contributed by atoms with Gasteiger partial charge in [-0.15, -0.1) is 0 Å². The number of benzene rings is 2. The Kier molecular flexibility index (Phi) is 7.10. The highest BCUT2D eigenvalue weighted by Crippen LogP contribution is 2.38. The van der Waals surface area contributed by atoms with Gasteiger partial charge in [0.2, 0.25) is 11.7 Å². The predicted octanol–water partition coefficient (Wildman–Crippen LogP) is 2.33. The van der Waals surface area contributed by atoms with Gasteiger partial charge in [0.15, 0.2) is 11.5 Å². The van der Waals surface area contributed by atoms with Gasteiger partial charge in [-0.3, -0.25) is 14.3 Å². The summed E-state index contributed by atoms with van der Waals surface area (Å²) >= 11 is 0. The molecule has 2 amide bonds. The molecule has 9 heteroatoms. The van der Waals surface area contributed by atoms with Crippen LogP contribution in [-0.4, -0.2) is 49.5 Å². The number of aromatic nitrogens is 2. The highest BCUT2D eigenvalue weighted by atomic mass is 16.5. The first-order valence-corrected chi connectivity index (χ1v) is 9.48. The average molecular weight is 424 g/mol. The quantitative estimate of drug-likeness (QED) is 0.546. The van der Waals surface area contributed by atoms with Gasteiger partial charge in [-0.1, -0.05) is 12.1 Å². The fourth-order valence-corrected chi connectivity index (χ4v) is 3.01. The maximum Gasteiger partial charge on any atom is 0.251 e. The number of hydrogen-bond donors (Lipinski definition) is 2. The standard InChI is InChI=1S/C22H24N4O5/c1-29-18-11-16(12-19(30-2)21(18)31-3)22(28)23-13-20(27)25-17-7-4-6-15(10-17)14-26-9-5-8-24-26/h4-12H,13-14H2,1-3H3,(H,23,28)(H,25,27). The normalized spacial score (nSPS) is 10.3. The fraction of sp³-hybridized carbons (Fsp3) is 0.227. The minimum absolute atomic E-state index is 0.196. The lowest BCUT2D eigenvalue weighted by Gasteiger charge is -2.14. The van der Waals surface area contributed by atoms with Gasteiger partial charge in [-0.05, 0) is 35.9 Å². The van der Waals surface area contributed by atoms with Gasteiger partial charge in [0, 0.05) is 23.6 Å². The van der Waals surface area contributed by atoms with Crippen molar-refractivity contribution in [3.8, 4) is 17.2 Å². The molecule has 9 nitrogen and oxygen atoms in total. The lowest BCUT2D eigenvalue weighted by Crippen LogP contribution is -2.32. The van der Waals surface area contributed by atoms with E-state index in [9.17, 15) is 9.59 Å². The second-order valence-corrected chi connectivity index (χ2v) is 6.55. The number of carbonyl (C=O) groups is 2. The molecular weight excluding hydrogens is 400 g/mol. The monoisotopic (exact) mass is 424 g/mol. The third-order valence-electron chi connectivity index (χ3n) is 4.45. The molecule has 0 bridgehead atoms. The predicted molar refractivity (Wildman–Crippen MR) is 115 cm³/mol. The first-order chi connectivity index (χ1) is 15.0. The highest BCUT2D eigenvalue weighted by molar-refractivity contribution is 6.00. The van der Waals surface area contributed by atoms with Gasteiger partial charge in [0.05, 0.1) is 34.4 Å². The van der Waals surface area contributed by atoms with Crippen molar-refractivity contribution in [1.29, 1.82) is 0 Å². The summed E-state index contributed by atoms with van der Waals surface area (Å²) in [5, 5.41) is 9.54. The van der Waals surface area contributed by atoms with E-state index in [2.05, 4.69) is 15.7 Å². The van der Waals surface area contributed by atoms with E-state index in [1.54, 1.807) is 16.9 Å². The minimum Gasteiger partial charge on any atom is -0.493 e. The number of ether oxygens (including phenoxy) is 3. The largest absolute Gasteiger partial charge is 0.493 e. The van der Waals surface area contributed by atoms with Crippen LogP contribution in [0.1, 0.15) is 15.9 Å². The van der Waals surface area contributed by atoms with E-state index < -0.39 is 5.91 Å². The molecule has 0 saturated heterocycles. The first-order valence-electron chi connectivity index (χ1n) is 9.48. The van der Waals surface area contributed by atoms with Crippen molar-refractivity contribution in [2.45, 2.75) is 6.54 Å². The van der Waals surface area contributed by atoms with Crippen molar-refractivity contribution < 1.29 is 23.8 Å². The first kappa shape index (κ1) is 21.7. The molecule has 0 fully saturated rings. The number of nitrogens with one attached hydrogen (secondary N) is 2. The van der Waals surface area contributed by atoms with Crippen molar-refractivity contribution in [3.05, 3.63) is 66.0 Å². The minimum atomic E-state index is -0.443. The van der Waals surface area contributed by atoms with Gasteiger partial charge in [-0.2, -0.15) is 5.10 Å². The third kappa shape index (κ3) is 5.53. The smallest absolute Gasteiger partial charge is 0.251 e. The van der Waals surface area contributed by atoms with E-state index in [1.807, 2.05) is 30.5 Å². The number of carbonyl (C=O) groups excluding carboxylic acids is 2. The Morgan fingerprint density at radius 3 is 2.35 bits per heavy atom. The van der Waals surface area contributed by atoms with Crippen molar-refractivity contribution >= 4 is 17.5 Å². The van der Waals surface area contributed by atoms with Gasteiger partial charge >= 0.3 is 0 Å². The van der Waals surface area contributed by atoms with Crippen LogP contribution in [0, 0.1) is 0 Å². The number of methoxy groups -OCH3 is 3. The van der Waals surface area contributed by atoms with Crippen LogP contribution in [0.4, 0.5) is 5.69 Å². The molecule has 1 aromatic heterocycles. The molecule has 0 aliphatic heterocycles. The molecule has 1 heterocycles. The summed E-state index contributed by atoms with van der Waals surface area (Å²) < 4.78 is 17.5. The maximum atomic E-state index is 12.5. The lowest BCUT2D eigenvalue weighted by atomic mass is 10.1. The van der Waals surface area contributed by atoms with Gasteiger partial charge in [0.25, 0.3) is 5.91 Å². The van der Waals surface area contributed by atoms with Crippen LogP contribution in [0.25, 0.3) is 0 Å². The Labute approximate surface area is 179 Å². The Bertz CT molecular complexity index is 1020. The van der Waals surface area contributed by atoms with Crippen LogP contribution in [0.2, 0.25) is 0 Å². The molecule has 0 saturated carbocycles. The second-order valence-electron chi connectivity index (χ2n) is 6.55. The van der Waals surface area contributed by atoms with Crippen molar-refractivity contribution in [2.75, 3.05) is 33.2 Å². The molecule has 0 spiro atoms. The molecule has 162 valence electrons. The Hall–Kier alpha value is -4.01. The van der Waals surface area contributed by atoms with E-state index in [0.29, 0.717) is 29.5 Å². The third-order valence-corrected chi connectivity index (χ3v) is 4.45. The summed E-state index contributed by atoms with van der Waals surface area (Å²) in [6, 6.07) is 12.3. The number of amides is 2. The molecule has 0 aliphatic carbocycles. The summed E-state index contributed by atoms with van der Waals surface area (Å²) in [5.41, 5.74) is 1.91. The Balaban J connectivity index is 1.60. The molecule has 0 aliphatic rings. The molecule has 3 rings (SSSR count). The molecular formula is C22H24N4O5. The zero-order valence-electron chi connectivity index (χ0n) is 17.5. The van der Waals surface area contributed by atoms with E-state index in [1.165, 1.54) is 33.5 Å². The molecule has 31 heavy (non-hydrogen) atoms. The van der Waals surface area contributed by atoms with Crippen LogP contribution in [0.3, 0.4) is 0 Å². The van der Waals surface area contributed by atoms with E-state index in [0.717, 1.165) is 5.56 Å². The summed E-state index contributed by atoms with van der Waals surface area (Å²) in [5.74, 6) is 0.295. The van der Waals surface area contributed by atoms with Crippen molar-refractivity contribution in [3.63, 3.8) is 0 Å². The van der Waals surface area contributed by atoms with Gasteiger partial charge < -0.3 is 24.8 Å². The average Bonchev–Trinajstić information content (AvgIpc) is 3.29.